The number of carbonyl (C=O) groups is 2. The zero-order valence-corrected chi connectivity index (χ0v) is 11.1. The lowest BCUT2D eigenvalue weighted by molar-refractivity contribution is -0.313. The van der Waals surface area contributed by atoms with Crippen molar-refractivity contribution < 1.29 is 19.4 Å². The fourth-order valence-electron chi connectivity index (χ4n) is 3.69. The van der Waals surface area contributed by atoms with Gasteiger partial charge in [0.2, 0.25) is 5.91 Å². The highest BCUT2D eigenvalue weighted by Crippen LogP contribution is 2.51. The molecule has 0 aromatic carbocycles. The van der Waals surface area contributed by atoms with Crippen molar-refractivity contribution in [2.24, 2.45) is 11.8 Å². The average Bonchev–Trinajstić information content (AvgIpc) is 3.09. The Hall–Kier alpha value is -2.21. The van der Waals surface area contributed by atoms with E-state index in [4.69, 9.17) is 4.74 Å². The Morgan fingerprint density at radius 1 is 1.57 bits per heavy atom. The summed E-state index contributed by atoms with van der Waals surface area (Å²) in [6, 6.07) is 3.69. The van der Waals surface area contributed by atoms with Crippen molar-refractivity contribution in [2.45, 2.75) is 18.2 Å². The molecule has 108 valence electrons. The van der Waals surface area contributed by atoms with Gasteiger partial charge in [-0.3, -0.25) is 9.78 Å². The van der Waals surface area contributed by atoms with Crippen LogP contribution in [0.3, 0.4) is 0 Å². The summed E-state index contributed by atoms with van der Waals surface area (Å²) in [6.45, 7) is 0.786. The van der Waals surface area contributed by atoms with E-state index < -0.39 is 29.5 Å². The molecule has 3 aliphatic rings. The second-order valence-corrected chi connectivity index (χ2v) is 5.77. The van der Waals surface area contributed by atoms with E-state index in [9.17, 15) is 14.7 Å². The van der Waals surface area contributed by atoms with Crippen molar-refractivity contribution in [2.75, 3.05) is 6.54 Å². The molecule has 0 aliphatic carbocycles. The molecule has 6 heteroatoms. The monoisotopic (exact) mass is 285 g/mol. The summed E-state index contributed by atoms with van der Waals surface area (Å²) in [5.41, 5.74) is 0.111. The molecule has 1 aromatic heterocycles. The molecule has 0 unspecified atom stereocenters. The lowest BCUT2D eigenvalue weighted by atomic mass is 9.77. The van der Waals surface area contributed by atoms with Gasteiger partial charge in [-0.25, -0.2) is 0 Å². The van der Waals surface area contributed by atoms with Crippen LogP contribution in [0.5, 0.6) is 0 Å². The molecule has 2 bridgehead atoms. The van der Waals surface area contributed by atoms with E-state index in [1.807, 2.05) is 12.1 Å². The third kappa shape index (κ3) is 1.65. The van der Waals surface area contributed by atoms with Crippen LogP contribution in [0.2, 0.25) is 0 Å². The van der Waals surface area contributed by atoms with E-state index >= 15 is 0 Å². The maximum absolute atomic E-state index is 12.6. The Morgan fingerprint density at radius 3 is 3.14 bits per heavy atom. The Morgan fingerprint density at radius 2 is 2.43 bits per heavy atom. The van der Waals surface area contributed by atoms with Crippen molar-refractivity contribution in [1.29, 1.82) is 0 Å². The number of ether oxygens (including phenoxy) is 1. The quantitative estimate of drug-likeness (QED) is 0.673. The number of hydrogen-bond donors (Lipinski definition) is 0. The second kappa shape index (κ2) is 4.14. The number of nitrogens with zero attached hydrogens (tertiary/aromatic N) is 2. The van der Waals surface area contributed by atoms with Crippen LogP contribution in [-0.2, 0) is 20.9 Å². The summed E-state index contributed by atoms with van der Waals surface area (Å²) >= 11 is 0. The zero-order chi connectivity index (χ0) is 14.6. The smallest absolute Gasteiger partial charge is 0.230 e. The van der Waals surface area contributed by atoms with Crippen LogP contribution in [0.4, 0.5) is 0 Å². The molecule has 0 N–H and O–H groups in total. The summed E-state index contributed by atoms with van der Waals surface area (Å²) in [5.74, 6) is -2.96. The second-order valence-electron chi connectivity index (χ2n) is 5.77. The summed E-state index contributed by atoms with van der Waals surface area (Å²) in [4.78, 5) is 29.6. The van der Waals surface area contributed by atoms with Gasteiger partial charge >= 0.3 is 0 Å². The molecule has 4 heterocycles. The molecule has 4 rings (SSSR count). The Bertz CT molecular complexity index is 644. The van der Waals surface area contributed by atoms with Gasteiger partial charge in [-0.1, -0.05) is 18.2 Å². The van der Waals surface area contributed by atoms with Crippen molar-refractivity contribution >= 4 is 11.9 Å². The number of fused-ring (bicyclic) bond motifs is 1. The van der Waals surface area contributed by atoms with E-state index in [-0.39, 0.29) is 5.91 Å². The highest BCUT2D eigenvalue weighted by molar-refractivity contribution is 5.90. The number of pyridine rings is 1. The number of carboxylic acids is 1. The Kier molecular flexibility index (Phi) is 2.47. The van der Waals surface area contributed by atoms with Crippen LogP contribution in [0.15, 0.2) is 36.7 Å². The van der Waals surface area contributed by atoms with E-state index in [1.165, 1.54) is 0 Å². The van der Waals surface area contributed by atoms with Gasteiger partial charge < -0.3 is 19.5 Å². The molecule has 2 fully saturated rings. The predicted octanol–water partition coefficient (Wildman–Crippen LogP) is -0.887. The number of likely N-dealkylation sites (tertiary alicyclic amines) is 1. The van der Waals surface area contributed by atoms with E-state index in [1.54, 1.807) is 29.4 Å². The number of carboxylic acid groups (broad SMARTS) is 1. The minimum atomic E-state index is -1.21. The average molecular weight is 285 g/mol. The number of aromatic nitrogens is 1. The predicted molar refractivity (Wildman–Crippen MR) is 68.4 cm³/mol. The fraction of sp³-hybridized carbons (Fsp3) is 0.400. The van der Waals surface area contributed by atoms with Crippen LogP contribution >= 0.6 is 0 Å². The van der Waals surface area contributed by atoms with Crippen LogP contribution in [0.25, 0.3) is 0 Å². The molecule has 1 aromatic rings. The normalized spacial score (nSPS) is 36.3. The summed E-state index contributed by atoms with van der Waals surface area (Å²) < 4.78 is 5.79. The number of amides is 1. The molecule has 21 heavy (non-hydrogen) atoms. The van der Waals surface area contributed by atoms with Gasteiger partial charge in [0.1, 0.15) is 5.60 Å². The first-order valence-electron chi connectivity index (χ1n) is 6.86. The van der Waals surface area contributed by atoms with E-state index in [2.05, 4.69) is 4.98 Å². The molecule has 1 amide bonds. The minimum absolute atomic E-state index is 0.181. The van der Waals surface area contributed by atoms with Crippen LogP contribution in [0, 0.1) is 11.8 Å². The van der Waals surface area contributed by atoms with Gasteiger partial charge in [-0.2, -0.15) is 0 Å². The SMILES string of the molecule is O=C([O-])[C@H]1[C@@H]2C=C[C@@]3(CN(Cc4cccnc4)C(=O)[C@@H]13)O2. The van der Waals surface area contributed by atoms with E-state index in [0.717, 1.165) is 5.56 Å². The molecule has 6 nitrogen and oxygen atoms in total. The molecule has 3 aliphatic heterocycles. The van der Waals surface area contributed by atoms with Gasteiger partial charge in [0, 0.05) is 30.8 Å². The summed E-state index contributed by atoms with van der Waals surface area (Å²) in [5, 5.41) is 11.3. The molecule has 4 atom stereocenters. The van der Waals surface area contributed by atoms with Crippen LogP contribution in [-0.4, -0.2) is 40.0 Å². The third-order valence-corrected chi connectivity index (χ3v) is 4.55. The Labute approximate surface area is 121 Å². The van der Waals surface area contributed by atoms with Gasteiger partial charge in [-0.15, -0.1) is 0 Å². The largest absolute Gasteiger partial charge is 0.550 e. The number of hydrogen-bond acceptors (Lipinski definition) is 5. The molecule has 1 spiro atoms. The topological polar surface area (TPSA) is 82.6 Å². The van der Waals surface area contributed by atoms with E-state index in [0.29, 0.717) is 13.1 Å². The van der Waals surface area contributed by atoms with Gasteiger partial charge in [0.25, 0.3) is 0 Å². The van der Waals surface area contributed by atoms with Gasteiger partial charge in [-0.05, 0) is 11.6 Å². The first-order chi connectivity index (χ1) is 10.1. The van der Waals surface area contributed by atoms with Gasteiger partial charge in [0.05, 0.1) is 18.6 Å². The standard InChI is InChI=1S/C15H14N2O4/c18-13-12-11(14(19)20)10-3-4-15(12,21-10)8-17(13)7-9-2-1-5-16-6-9/h1-6,10-12H,7-8H2,(H,19,20)/p-1/t10-,11-,12+,15-/m0/s1. The maximum Gasteiger partial charge on any atom is 0.230 e. The molecular formula is C15H13N2O4-. The minimum Gasteiger partial charge on any atom is -0.550 e. The lowest BCUT2D eigenvalue weighted by Gasteiger charge is -2.24. The van der Waals surface area contributed by atoms with Crippen molar-refractivity contribution in [3.05, 3.63) is 42.2 Å². The van der Waals surface area contributed by atoms with Crippen LogP contribution in [0.1, 0.15) is 5.56 Å². The molecule has 0 radical (unpaired) electrons. The number of rotatable bonds is 3. The zero-order valence-electron chi connectivity index (χ0n) is 11.1. The van der Waals surface area contributed by atoms with Crippen molar-refractivity contribution in [3.63, 3.8) is 0 Å². The van der Waals surface area contributed by atoms with Gasteiger partial charge in [0.15, 0.2) is 0 Å². The molecule has 0 saturated carbocycles. The molecule has 2 saturated heterocycles. The summed E-state index contributed by atoms with van der Waals surface area (Å²) in [7, 11) is 0. The lowest BCUT2D eigenvalue weighted by Crippen LogP contribution is -2.45. The number of carbonyl (C=O) groups excluding carboxylic acids is 2. The number of aliphatic carboxylic acids is 1. The highest BCUT2D eigenvalue weighted by Gasteiger charge is 2.65. The summed E-state index contributed by atoms with van der Waals surface area (Å²) in [6.07, 6.45) is 6.40. The van der Waals surface area contributed by atoms with Crippen molar-refractivity contribution in [1.82, 2.24) is 9.88 Å². The maximum atomic E-state index is 12.6. The third-order valence-electron chi connectivity index (χ3n) is 4.55. The first-order valence-corrected chi connectivity index (χ1v) is 6.86. The Balaban J connectivity index is 1.63. The highest BCUT2D eigenvalue weighted by atomic mass is 16.5. The first kappa shape index (κ1) is 12.5. The fourth-order valence-corrected chi connectivity index (χ4v) is 3.69. The molecular weight excluding hydrogens is 272 g/mol. The van der Waals surface area contributed by atoms with Crippen LogP contribution < -0.4 is 5.11 Å². The van der Waals surface area contributed by atoms with Crippen molar-refractivity contribution in [3.8, 4) is 0 Å².